The van der Waals surface area contributed by atoms with Crippen LogP contribution in [0.4, 0.5) is 0 Å². The predicted molar refractivity (Wildman–Crippen MR) is 86.5 cm³/mol. The minimum Gasteiger partial charge on any atom is -0.469 e. The van der Waals surface area contributed by atoms with E-state index in [0.29, 0.717) is 18.5 Å². The second-order valence-electron chi connectivity index (χ2n) is 5.17. The van der Waals surface area contributed by atoms with Crippen molar-refractivity contribution in [1.82, 2.24) is 0 Å². The number of hydrogen-bond donors (Lipinski definition) is 0. The van der Waals surface area contributed by atoms with Crippen LogP contribution in [-0.2, 0) is 23.1 Å². The van der Waals surface area contributed by atoms with E-state index < -0.39 is 7.60 Å². The number of rotatable bonds is 8. The van der Waals surface area contributed by atoms with E-state index >= 15 is 0 Å². The van der Waals surface area contributed by atoms with E-state index in [1.165, 1.54) is 7.11 Å². The highest BCUT2D eigenvalue weighted by Crippen LogP contribution is 2.46. The number of methoxy groups -OCH3 is 1. The lowest BCUT2D eigenvalue weighted by Gasteiger charge is -2.20. The molecule has 0 aliphatic carbocycles. The SMILES string of the molecule is CCOP(=O)(OCC)c1ccc(C(C(=O)OC)C(C)C)cc1. The molecule has 1 aromatic rings. The number of carbonyl (C=O) groups excluding carboxylic acids is 1. The smallest absolute Gasteiger partial charge is 0.361 e. The summed E-state index contributed by atoms with van der Waals surface area (Å²) in [5.74, 6) is -0.526. The van der Waals surface area contributed by atoms with Crippen LogP contribution < -0.4 is 5.30 Å². The predicted octanol–water partition coefficient (Wildman–Crippen LogP) is 3.49. The molecule has 1 aromatic carbocycles. The molecule has 0 saturated carbocycles. The Morgan fingerprint density at radius 2 is 1.59 bits per heavy atom. The Hall–Kier alpha value is -1.16. The van der Waals surface area contributed by atoms with Crippen LogP contribution in [0.25, 0.3) is 0 Å². The molecule has 0 aromatic heterocycles. The molecule has 0 spiro atoms. The molecule has 124 valence electrons. The molecule has 1 unspecified atom stereocenters. The van der Waals surface area contributed by atoms with Crippen molar-refractivity contribution < 1.29 is 23.1 Å². The monoisotopic (exact) mass is 328 g/mol. The Labute approximate surface area is 132 Å². The molecule has 22 heavy (non-hydrogen) atoms. The molecule has 0 N–H and O–H groups in total. The second-order valence-corrected chi connectivity index (χ2v) is 7.20. The summed E-state index contributed by atoms with van der Waals surface area (Å²) >= 11 is 0. The van der Waals surface area contributed by atoms with Crippen LogP contribution in [0.5, 0.6) is 0 Å². The van der Waals surface area contributed by atoms with Gasteiger partial charge in [0.15, 0.2) is 0 Å². The van der Waals surface area contributed by atoms with Gasteiger partial charge in [0.2, 0.25) is 0 Å². The molecule has 0 fully saturated rings. The van der Waals surface area contributed by atoms with Crippen molar-refractivity contribution in [1.29, 1.82) is 0 Å². The van der Waals surface area contributed by atoms with Crippen molar-refractivity contribution in [3.63, 3.8) is 0 Å². The van der Waals surface area contributed by atoms with Gasteiger partial charge >= 0.3 is 13.6 Å². The summed E-state index contributed by atoms with van der Waals surface area (Å²) in [4.78, 5) is 11.9. The maximum absolute atomic E-state index is 12.7. The van der Waals surface area contributed by atoms with Crippen molar-refractivity contribution in [3.8, 4) is 0 Å². The van der Waals surface area contributed by atoms with E-state index in [9.17, 15) is 9.36 Å². The number of hydrogen-bond acceptors (Lipinski definition) is 5. The first-order valence-electron chi connectivity index (χ1n) is 7.47. The Morgan fingerprint density at radius 3 is 1.95 bits per heavy atom. The fourth-order valence-electron chi connectivity index (χ4n) is 2.31. The number of benzene rings is 1. The van der Waals surface area contributed by atoms with Gasteiger partial charge in [0.1, 0.15) is 0 Å². The number of esters is 1. The highest BCUT2D eigenvalue weighted by molar-refractivity contribution is 7.62. The van der Waals surface area contributed by atoms with Gasteiger partial charge in [-0.3, -0.25) is 9.36 Å². The molecule has 6 heteroatoms. The molecule has 0 bridgehead atoms. The maximum atomic E-state index is 12.7. The fraction of sp³-hybridized carbons (Fsp3) is 0.562. The van der Waals surface area contributed by atoms with E-state index in [1.807, 2.05) is 13.8 Å². The largest absolute Gasteiger partial charge is 0.469 e. The molecule has 1 rings (SSSR count). The molecule has 1 atom stereocenters. The average Bonchev–Trinajstić information content (AvgIpc) is 2.48. The van der Waals surface area contributed by atoms with Gasteiger partial charge in [0.25, 0.3) is 0 Å². The third-order valence-corrected chi connectivity index (χ3v) is 5.42. The van der Waals surface area contributed by atoms with E-state index in [4.69, 9.17) is 13.8 Å². The first-order valence-corrected chi connectivity index (χ1v) is 9.01. The van der Waals surface area contributed by atoms with Crippen molar-refractivity contribution in [2.45, 2.75) is 33.6 Å². The Kier molecular flexibility index (Phi) is 7.27. The molecular weight excluding hydrogens is 303 g/mol. The van der Waals surface area contributed by atoms with Gasteiger partial charge in [-0.15, -0.1) is 0 Å². The lowest BCUT2D eigenvalue weighted by molar-refractivity contribution is -0.143. The van der Waals surface area contributed by atoms with E-state index in [-0.39, 0.29) is 17.8 Å². The molecule has 0 radical (unpaired) electrons. The van der Waals surface area contributed by atoms with Gasteiger partial charge in [0.05, 0.1) is 31.5 Å². The first kappa shape index (κ1) is 18.9. The molecule has 0 aliphatic rings. The first-order chi connectivity index (χ1) is 10.4. The number of carbonyl (C=O) groups is 1. The minimum absolute atomic E-state index is 0.101. The Morgan fingerprint density at radius 1 is 1.09 bits per heavy atom. The third-order valence-electron chi connectivity index (χ3n) is 3.29. The van der Waals surface area contributed by atoms with Gasteiger partial charge < -0.3 is 13.8 Å². The number of ether oxygens (including phenoxy) is 1. The average molecular weight is 328 g/mol. The van der Waals surface area contributed by atoms with Crippen LogP contribution in [0.3, 0.4) is 0 Å². The quantitative estimate of drug-likeness (QED) is 0.540. The topological polar surface area (TPSA) is 61.8 Å². The summed E-state index contributed by atoms with van der Waals surface area (Å²) in [5, 5.41) is 0.493. The van der Waals surface area contributed by atoms with Crippen molar-refractivity contribution in [2.24, 2.45) is 5.92 Å². The lowest BCUT2D eigenvalue weighted by atomic mass is 9.88. The third kappa shape index (κ3) is 4.42. The van der Waals surface area contributed by atoms with Gasteiger partial charge in [0, 0.05) is 0 Å². The van der Waals surface area contributed by atoms with Crippen molar-refractivity contribution >= 4 is 18.9 Å². The lowest BCUT2D eigenvalue weighted by Crippen LogP contribution is -2.20. The normalized spacial score (nSPS) is 13.2. The molecule has 0 heterocycles. The van der Waals surface area contributed by atoms with Crippen LogP contribution in [0.1, 0.15) is 39.2 Å². The molecule has 0 saturated heterocycles. The summed E-state index contributed by atoms with van der Waals surface area (Å²) in [6.07, 6.45) is 0. The van der Waals surface area contributed by atoms with Gasteiger partial charge in [-0.1, -0.05) is 26.0 Å². The Balaban J connectivity index is 3.11. The maximum Gasteiger partial charge on any atom is 0.361 e. The summed E-state index contributed by atoms with van der Waals surface area (Å²) < 4.78 is 28.2. The van der Waals surface area contributed by atoms with Crippen LogP contribution in [0.2, 0.25) is 0 Å². The molecule has 0 aliphatic heterocycles. The van der Waals surface area contributed by atoms with Crippen LogP contribution in [0, 0.1) is 5.92 Å². The minimum atomic E-state index is -3.29. The summed E-state index contributed by atoms with van der Waals surface area (Å²) in [6, 6.07) is 6.95. The van der Waals surface area contributed by atoms with Crippen LogP contribution in [0.15, 0.2) is 24.3 Å². The van der Waals surface area contributed by atoms with Gasteiger partial charge in [-0.05, 0) is 37.5 Å². The highest BCUT2D eigenvalue weighted by Gasteiger charge is 2.29. The van der Waals surface area contributed by atoms with E-state index in [2.05, 4.69) is 0 Å². The summed E-state index contributed by atoms with van der Waals surface area (Å²) in [7, 11) is -1.91. The van der Waals surface area contributed by atoms with E-state index in [1.54, 1.807) is 38.1 Å². The zero-order valence-electron chi connectivity index (χ0n) is 13.9. The molecule has 5 nitrogen and oxygen atoms in total. The fourth-order valence-corrected chi connectivity index (χ4v) is 3.88. The second kappa shape index (κ2) is 8.47. The van der Waals surface area contributed by atoms with Gasteiger partial charge in [-0.2, -0.15) is 0 Å². The Bertz CT molecular complexity index is 514. The molecular formula is C16H25O5P. The van der Waals surface area contributed by atoms with Crippen molar-refractivity contribution in [2.75, 3.05) is 20.3 Å². The highest BCUT2D eigenvalue weighted by atomic mass is 31.2. The van der Waals surface area contributed by atoms with Crippen LogP contribution >= 0.6 is 7.60 Å². The molecule has 0 amide bonds. The van der Waals surface area contributed by atoms with E-state index in [0.717, 1.165) is 5.56 Å². The summed E-state index contributed by atoms with van der Waals surface area (Å²) in [6.45, 7) is 8.06. The zero-order chi connectivity index (χ0) is 16.8. The summed E-state index contributed by atoms with van der Waals surface area (Å²) in [5.41, 5.74) is 0.824. The zero-order valence-corrected chi connectivity index (χ0v) is 14.8. The van der Waals surface area contributed by atoms with Crippen molar-refractivity contribution in [3.05, 3.63) is 29.8 Å². The van der Waals surface area contributed by atoms with Gasteiger partial charge in [-0.25, -0.2) is 0 Å². The standard InChI is InChI=1S/C16H25O5P/c1-6-20-22(18,21-7-2)14-10-8-13(9-11-14)15(12(3)4)16(17)19-5/h8-12,15H,6-7H2,1-5H3. The van der Waals surface area contributed by atoms with Crippen LogP contribution in [-0.4, -0.2) is 26.3 Å².